The zero-order valence-electron chi connectivity index (χ0n) is 24.2. The van der Waals surface area contributed by atoms with Crippen molar-refractivity contribution in [2.45, 2.75) is 103 Å². The Bertz CT molecular complexity index is 1280. The third-order valence-corrected chi connectivity index (χ3v) is 7.65. The Morgan fingerprint density at radius 2 is 1.90 bits per heavy atom. The highest BCUT2D eigenvalue weighted by Crippen LogP contribution is 2.37. The van der Waals surface area contributed by atoms with Crippen LogP contribution in [0.25, 0.3) is 0 Å². The number of aryl methyl sites for hydroxylation is 1. The Kier molecular flexibility index (Phi) is 8.39. The van der Waals surface area contributed by atoms with E-state index in [1.165, 1.54) is 5.56 Å². The minimum atomic E-state index is -0.520. The molecule has 2 atom stereocenters. The van der Waals surface area contributed by atoms with Gasteiger partial charge in [0.25, 0.3) is 0 Å². The number of nitrogens with zero attached hydrogens (tertiary/aromatic N) is 6. The van der Waals surface area contributed by atoms with Gasteiger partial charge >= 0.3 is 6.09 Å². The van der Waals surface area contributed by atoms with E-state index in [0.29, 0.717) is 25.2 Å². The molecular weight excluding hydrogens is 510 g/mol. The van der Waals surface area contributed by atoms with Gasteiger partial charge in [-0.2, -0.15) is 0 Å². The predicted molar refractivity (Wildman–Crippen MR) is 148 cm³/mol. The van der Waals surface area contributed by atoms with E-state index in [0.717, 1.165) is 61.6 Å². The first-order chi connectivity index (χ1) is 19.1. The summed E-state index contributed by atoms with van der Waals surface area (Å²) in [6.07, 6.45) is 7.12. The van der Waals surface area contributed by atoms with Crippen molar-refractivity contribution in [2.75, 3.05) is 6.61 Å². The van der Waals surface area contributed by atoms with E-state index in [4.69, 9.17) is 14.2 Å². The number of amides is 1. The summed E-state index contributed by atoms with van der Waals surface area (Å²) in [7, 11) is 2.03. The van der Waals surface area contributed by atoms with Gasteiger partial charge in [-0.05, 0) is 83.9 Å². The number of carbonyl (C=O) groups is 1. The number of nitrogens with one attached hydrogen (secondary N) is 1. The van der Waals surface area contributed by atoms with Crippen LogP contribution in [0, 0.1) is 6.92 Å². The van der Waals surface area contributed by atoms with Crippen molar-refractivity contribution in [3.8, 4) is 5.75 Å². The fraction of sp³-hybridized carbons (Fsp3) is 0.621. The Morgan fingerprint density at radius 3 is 2.60 bits per heavy atom. The molecule has 0 bridgehead atoms. The van der Waals surface area contributed by atoms with Crippen LogP contribution < -0.4 is 10.1 Å². The zero-order chi connectivity index (χ0) is 28.3. The first-order valence-corrected chi connectivity index (χ1v) is 14.2. The number of carbonyl (C=O) groups excluding carboxylic acids is 1. The maximum absolute atomic E-state index is 12.1. The lowest BCUT2D eigenvalue weighted by atomic mass is 9.85. The Morgan fingerprint density at radius 1 is 1.10 bits per heavy atom. The molecule has 2 aromatic heterocycles. The fourth-order valence-electron chi connectivity index (χ4n) is 5.50. The molecule has 2 fully saturated rings. The van der Waals surface area contributed by atoms with Crippen molar-refractivity contribution in [1.82, 2.24) is 35.1 Å². The summed E-state index contributed by atoms with van der Waals surface area (Å²) in [6, 6.07) is 8.27. The molecule has 1 amide bonds. The van der Waals surface area contributed by atoms with Crippen LogP contribution in [0.5, 0.6) is 5.75 Å². The SMILES string of the molecule is Cc1cccc(OCc2nnc([C@H]3CC[C@H](n4cc([C@@H]5CC[C@@H](NC(=O)OC(C)(C)C)CO5)nn4)CC3)n2C)c1. The molecule has 3 aromatic rings. The number of hydrogen-bond acceptors (Lipinski definition) is 8. The number of ether oxygens (including phenoxy) is 3. The molecule has 40 heavy (non-hydrogen) atoms. The number of rotatable bonds is 7. The average molecular weight is 552 g/mol. The van der Waals surface area contributed by atoms with Crippen LogP contribution in [0.3, 0.4) is 0 Å². The highest BCUT2D eigenvalue weighted by atomic mass is 16.6. The predicted octanol–water partition coefficient (Wildman–Crippen LogP) is 4.94. The maximum atomic E-state index is 12.1. The normalized spacial score (nSPS) is 23.5. The van der Waals surface area contributed by atoms with Crippen molar-refractivity contribution in [3.63, 3.8) is 0 Å². The molecule has 11 heteroatoms. The first kappa shape index (κ1) is 28.1. The number of hydrogen-bond donors (Lipinski definition) is 1. The molecule has 3 heterocycles. The van der Waals surface area contributed by atoms with Gasteiger partial charge in [0, 0.05) is 13.0 Å². The van der Waals surface area contributed by atoms with Crippen LogP contribution in [0.1, 0.15) is 100 Å². The molecular formula is C29H41N7O4. The van der Waals surface area contributed by atoms with Crippen LogP contribution in [0.2, 0.25) is 0 Å². The lowest BCUT2D eigenvalue weighted by molar-refractivity contribution is -0.0113. The third-order valence-electron chi connectivity index (χ3n) is 7.65. The summed E-state index contributed by atoms with van der Waals surface area (Å²) in [5, 5.41) is 20.7. The first-order valence-electron chi connectivity index (χ1n) is 14.2. The van der Waals surface area contributed by atoms with Crippen molar-refractivity contribution in [2.24, 2.45) is 7.05 Å². The van der Waals surface area contributed by atoms with E-state index in [1.54, 1.807) is 0 Å². The summed E-state index contributed by atoms with van der Waals surface area (Å²) >= 11 is 0. The van der Waals surface area contributed by atoms with E-state index in [2.05, 4.69) is 43.4 Å². The van der Waals surface area contributed by atoms with Gasteiger partial charge in [0.05, 0.1) is 24.9 Å². The molecule has 1 aliphatic carbocycles. The molecule has 0 unspecified atom stereocenters. The Hall–Kier alpha value is -3.47. The molecule has 11 nitrogen and oxygen atoms in total. The maximum Gasteiger partial charge on any atom is 0.407 e. The summed E-state index contributed by atoms with van der Waals surface area (Å²) < 4.78 is 21.4. The van der Waals surface area contributed by atoms with Crippen molar-refractivity contribution in [1.29, 1.82) is 0 Å². The monoisotopic (exact) mass is 551 g/mol. The Labute approximate surface area is 235 Å². The second-order valence-corrected chi connectivity index (χ2v) is 12.0. The minimum Gasteiger partial charge on any atom is -0.486 e. The lowest BCUT2D eigenvalue weighted by Crippen LogP contribution is -2.43. The molecule has 1 saturated heterocycles. The van der Waals surface area contributed by atoms with Gasteiger partial charge in [0.2, 0.25) is 0 Å². The number of benzene rings is 1. The van der Waals surface area contributed by atoms with Gasteiger partial charge in [0.15, 0.2) is 5.82 Å². The lowest BCUT2D eigenvalue weighted by Gasteiger charge is -2.29. The van der Waals surface area contributed by atoms with E-state index >= 15 is 0 Å². The molecule has 0 spiro atoms. The molecule has 216 valence electrons. The quantitative estimate of drug-likeness (QED) is 0.439. The van der Waals surface area contributed by atoms with Crippen LogP contribution in [0.4, 0.5) is 4.79 Å². The van der Waals surface area contributed by atoms with Crippen LogP contribution in [-0.4, -0.2) is 54.1 Å². The zero-order valence-corrected chi connectivity index (χ0v) is 24.2. The summed E-state index contributed by atoms with van der Waals surface area (Å²) in [5.74, 6) is 3.05. The molecule has 5 rings (SSSR count). The molecule has 1 saturated carbocycles. The standard InChI is InChI=1S/C29H41N7O4/c1-19-7-6-8-23(15-19)38-18-26-32-33-27(35(26)5)20-9-12-22(13-10-20)36-16-24(31-34-36)25-14-11-21(17-39-25)30-28(37)40-29(2,3)4/h6-8,15-16,20-22,25H,9-14,17-18H2,1-5H3,(H,30,37)/t20-,21-,22-,25+/m1/s1. The van der Waals surface area contributed by atoms with E-state index in [1.807, 2.05) is 56.9 Å². The summed E-state index contributed by atoms with van der Waals surface area (Å²) in [4.78, 5) is 12.1. The smallest absolute Gasteiger partial charge is 0.407 e. The topological polar surface area (TPSA) is 118 Å². The number of aromatic nitrogens is 6. The number of alkyl carbamates (subject to hydrolysis) is 1. The fourth-order valence-corrected chi connectivity index (χ4v) is 5.50. The van der Waals surface area contributed by atoms with Gasteiger partial charge in [0.1, 0.15) is 35.6 Å². The van der Waals surface area contributed by atoms with Gasteiger partial charge in [-0.1, -0.05) is 17.3 Å². The third kappa shape index (κ3) is 6.99. The average Bonchev–Trinajstić information content (AvgIpc) is 3.54. The summed E-state index contributed by atoms with van der Waals surface area (Å²) in [6.45, 7) is 8.43. The van der Waals surface area contributed by atoms with Gasteiger partial charge in [-0.15, -0.1) is 15.3 Å². The molecule has 1 aliphatic heterocycles. The second-order valence-electron chi connectivity index (χ2n) is 12.0. The van der Waals surface area contributed by atoms with E-state index in [9.17, 15) is 4.79 Å². The molecule has 1 N–H and O–H groups in total. The molecule has 2 aliphatic rings. The van der Waals surface area contributed by atoms with Gasteiger partial charge in [-0.3, -0.25) is 0 Å². The Balaban J connectivity index is 1.09. The van der Waals surface area contributed by atoms with Crippen LogP contribution in [0.15, 0.2) is 30.5 Å². The van der Waals surface area contributed by atoms with E-state index in [-0.39, 0.29) is 12.1 Å². The van der Waals surface area contributed by atoms with Crippen molar-refractivity contribution in [3.05, 3.63) is 53.4 Å². The van der Waals surface area contributed by atoms with E-state index < -0.39 is 11.7 Å². The highest BCUT2D eigenvalue weighted by Gasteiger charge is 2.30. The van der Waals surface area contributed by atoms with Crippen LogP contribution in [-0.2, 0) is 23.1 Å². The second kappa shape index (κ2) is 12.0. The summed E-state index contributed by atoms with van der Waals surface area (Å²) in [5.41, 5.74) is 1.50. The molecule has 0 radical (unpaired) electrons. The largest absolute Gasteiger partial charge is 0.486 e. The van der Waals surface area contributed by atoms with Gasteiger partial charge < -0.3 is 24.1 Å². The van der Waals surface area contributed by atoms with Crippen molar-refractivity contribution < 1.29 is 19.0 Å². The van der Waals surface area contributed by atoms with Crippen LogP contribution >= 0.6 is 0 Å². The van der Waals surface area contributed by atoms with Gasteiger partial charge in [-0.25, -0.2) is 9.48 Å². The highest BCUT2D eigenvalue weighted by molar-refractivity contribution is 5.68. The molecule has 1 aromatic carbocycles. The minimum absolute atomic E-state index is 0.0633. The van der Waals surface area contributed by atoms with Crippen molar-refractivity contribution >= 4 is 6.09 Å².